The summed E-state index contributed by atoms with van der Waals surface area (Å²) in [6, 6.07) is 9.80. The number of rotatable bonds is 3. The Labute approximate surface area is 118 Å². The van der Waals surface area contributed by atoms with Crippen LogP contribution in [0, 0.1) is 5.82 Å². The van der Waals surface area contributed by atoms with Crippen LogP contribution in [0.1, 0.15) is 0 Å². The highest BCUT2D eigenvalue weighted by Crippen LogP contribution is 2.21. The first kappa shape index (κ1) is 13.8. The fraction of sp³-hybridized carbons (Fsp3) is 0. The lowest BCUT2D eigenvalue weighted by Crippen LogP contribution is -2.13. The topological polar surface area (TPSA) is 72.2 Å². The summed E-state index contributed by atoms with van der Waals surface area (Å²) in [6.45, 7) is 0. The van der Waals surface area contributed by atoms with Crippen molar-refractivity contribution in [2.75, 3.05) is 10.5 Å². The van der Waals surface area contributed by atoms with Crippen molar-refractivity contribution in [3.63, 3.8) is 0 Å². The van der Waals surface area contributed by atoms with E-state index in [4.69, 9.17) is 5.73 Å². The fourth-order valence-electron chi connectivity index (χ4n) is 1.41. The molecule has 0 aliphatic carbocycles. The molecule has 0 heterocycles. The third-order valence-corrected chi connectivity index (χ3v) is 4.39. The molecule has 0 amide bonds. The van der Waals surface area contributed by atoms with Crippen LogP contribution in [0.5, 0.6) is 0 Å². The monoisotopic (exact) mass is 344 g/mol. The maximum atomic E-state index is 13.3. The van der Waals surface area contributed by atoms with Gasteiger partial charge in [0.2, 0.25) is 0 Å². The molecule has 0 atom stereocenters. The van der Waals surface area contributed by atoms with Crippen LogP contribution in [0.2, 0.25) is 0 Å². The molecule has 2 aromatic rings. The molecule has 7 heteroatoms. The van der Waals surface area contributed by atoms with Crippen molar-refractivity contribution in [3.05, 3.63) is 52.8 Å². The average Bonchev–Trinajstić information content (AvgIpc) is 2.35. The number of nitrogens with two attached hydrogens (primary N) is 1. The highest BCUT2D eigenvalue weighted by atomic mass is 79.9. The molecule has 100 valence electrons. The first-order chi connectivity index (χ1) is 8.88. The summed E-state index contributed by atoms with van der Waals surface area (Å²) in [5.41, 5.74) is 6.39. The Morgan fingerprint density at radius 1 is 1.11 bits per heavy atom. The number of anilines is 2. The van der Waals surface area contributed by atoms with Crippen LogP contribution in [0.25, 0.3) is 0 Å². The molecule has 19 heavy (non-hydrogen) atoms. The maximum absolute atomic E-state index is 13.3. The van der Waals surface area contributed by atoms with E-state index < -0.39 is 15.8 Å². The van der Waals surface area contributed by atoms with Gasteiger partial charge in [0.15, 0.2) is 0 Å². The molecule has 0 saturated heterocycles. The Morgan fingerprint density at radius 3 is 2.32 bits per heavy atom. The zero-order valence-electron chi connectivity index (χ0n) is 9.60. The molecule has 4 nitrogen and oxygen atoms in total. The van der Waals surface area contributed by atoms with Gasteiger partial charge < -0.3 is 5.73 Å². The van der Waals surface area contributed by atoms with Crippen LogP contribution >= 0.6 is 15.9 Å². The average molecular weight is 345 g/mol. The van der Waals surface area contributed by atoms with Gasteiger partial charge in [0, 0.05) is 11.4 Å². The Bertz CT molecular complexity index is 702. The van der Waals surface area contributed by atoms with Gasteiger partial charge in [0.05, 0.1) is 9.37 Å². The van der Waals surface area contributed by atoms with Gasteiger partial charge in [-0.2, -0.15) is 0 Å². The normalized spacial score (nSPS) is 11.3. The molecular weight excluding hydrogens is 335 g/mol. The highest BCUT2D eigenvalue weighted by molar-refractivity contribution is 9.10. The Morgan fingerprint density at radius 2 is 1.74 bits per heavy atom. The lowest BCUT2D eigenvalue weighted by atomic mass is 10.3. The van der Waals surface area contributed by atoms with Gasteiger partial charge in [-0.3, -0.25) is 4.72 Å². The van der Waals surface area contributed by atoms with Crippen molar-refractivity contribution in [1.82, 2.24) is 0 Å². The second kappa shape index (κ2) is 5.18. The smallest absolute Gasteiger partial charge is 0.261 e. The summed E-state index contributed by atoms with van der Waals surface area (Å²) in [6.07, 6.45) is 0. The molecule has 0 radical (unpaired) electrons. The van der Waals surface area contributed by atoms with E-state index in [0.717, 1.165) is 6.07 Å². The number of halogens is 2. The third kappa shape index (κ3) is 3.24. The number of nitrogens with one attached hydrogen (secondary N) is 1. The predicted molar refractivity (Wildman–Crippen MR) is 75.8 cm³/mol. The van der Waals surface area contributed by atoms with Crippen molar-refractivity contribution >= 4 is 37.3 Å². The summed E-state index contributed by atoms with van der Waals surface area (Å²) in [4.78, 5) is -0.148. The van der Waals surface area contributed by atoms with Gasteiger partial charge in [0.1, 0.15) is 5.82 Å². The Balaban J connectivity index is 2.32. The first-order valence-corrected chi connectivity index (χ1v) is 7.49. The number of nitrogen functional groups attached to an aromatic ring is 1. The second-order valence-electron chi connectivity index (χ2n) is 3.80. The van der Waals surface area contributed by atoms with Crippen LogP contribution in [0.4, 0.5) is 15.8 Å². The minimum absolute atomic E-state index is 0.148. The predicted octanol–water partition coefficient (Wildman–Crippen LogP) is 2.97. The fourth-order valence-corrected chi connectivity index (χ4v) is 2.73. The molecule has 0 spiro atoms. The number of hydrogen-bond acceptors (Lipinski definition) is 3. The van der Waals surface area contributed by atoms with Crippen molar-refractivity contribution in [2.24, 2.45) is 0 Å². The van der Waals surface area contributed by atoms with E-state index >= 15 is 0 Å². The van der Waals surface area contributed by atoms with Crippen molar-refractivity contribution in [3.8, 4) is 0 Å². The van der Waals surface area contributed by atoms with Crippen molar-refractivity contribution < 1.29 is 12.8 Å². The largest absolute Gasteiger partial charge is 0.399 e. The Hall–Kier alpha value is -1.60. The van der Waals surface area contributed by atoms with E-state index in [2.05, 4.69) is 20.7 Å². The van der Waals surface area contributed by atoms with Gasteiger partial charge >= 0.3 is 0 Å². The van der Waals surface area contributed by atoms with E-state index in [0.29, 0.717) is 11.4 Å². The van der Waals surface area contributed by atoms with Crippen LogP contribution in [-0.4, -0.2) is 8.42 Å². The lowest BCUT2D eigenvalue weighted by Gasteiger charge is -2.08. The molecule has 0 saturated carbocycles. The molecule has 2 aromatic carbocycles. The molecule has 0 aromatic heterocycles. The van der Waals surface area contributed by atoms with E-state index in [1.165, 1.54) is 24.3 Å². The zero-order chi connectivity index (χ0) is 14.0. The molecule has 0 bridgehead atoms. The highest BCUT2D eigenvalue weighted by Gasteiger charge is 2.15. The molecule has 0 aliphatic rings. The minimum Gasteiger partial charge on any atom is -0.399 e. The summed E-state index contributed by atoms with van der Waals surface area (Å²) in [5, 5.41) is 0. The summed E-state index contributed by atoms with van der Waals surface area (Å²) in [5.74, 6) is -0.639. The van der Waals surface area contributed by atoms with Gasteiger partial charge in [-0.25, -0.2) is 12.8 Å². The quantitative estimate of drug-likeness (QED) is 0.840. The van der Waals surface area contributed by atoms with Crippen LogP contribution < -0.4 is 10.5 Å². The van der Waals surface area contributed by atoms with Crippen LogP contribution in [0.15, 0.2) is 51.8 Å². The van der Waals surface area contributed by atoms with Gasteiger partial charge in [-0.1, -0.05) is 0 Å². The van der Waals surface area contributed by atoms with Gasteiger partial charge in [0.25, 0.3) is 10.0 Å². The molecule has 0 fully saturated rings. The van der Waals surface area contributed by atoms with Gasteiger partial charge in [-0.05, 0) is 58.4 Å². The van der Waals surface area contributed by atoms with Crippen LogP contribution in [-0.2, 0) is 10.0 Å². The SMILES string of the molecule is Nc1ccc(NS(=O)(=O)c2ccc(Br)c(F)c2)cc1. The molecule has 0 aliphatic heterocycles. The lowest BCUT2D eigenvalue weighted by molar-refractivity contribution is 0.593. The van der Waals surface area contributed by atoms with E-state index in [1.807, 2.05) is 0 Å². The van der Waals surface area contributed by atoms with E-state index in [-0.39, 0.29) is 9.37 Å². The number of benzene rings is 2. The minimum atomic E-state index is -3.82. The van der Waals surface area contributed by atoms with Crippen molar-refractivity contribution in [1.29, 1.82) is 0 Å². The number of hydrogen-bond donors (Lipinski definition) is 2. The molecule has 2 rings (SSSR count). The first-order valence-electron chi connectivity index (χ1n) is 5.22. The second-order valence-corrected chi connectivity index (χ2v) is 6.34. The maximum Gasteiger partial charge on any atom is 0.261 e. The summed E-state index contributed by atoms with van der Waals surface area (Å²) in [7, 11) is -3.82. The molecule has 0 unspecified atom stereocenters. The standard InChI is InChI=1S/C12H10BrFN2O2S/c13-11-6-5-10(7-12(11)14)19(17,18)16-9-3-1-8(15)2-4-9/h1-7,16H,15H2. The summed E-state index contributed by atoms with van der Waals surface area (Å²) < 4.78 is 39.9. The van der Waals surface area contributed by atoms with Crippen molar-refractivity contribution in [2.45, 2.75) is 4.90 Å². The Kier molecular flexibility index (Phi) is 3.77. The van der Waals surface area contributed by atoms with Gasteiger partial charge in [-0.15, -0.1) is 0 Å². The van der Waals surface area contributed by atoms with Crippen LogP contribution in [0.3, 0.4) is 0 Å². The zero-order valence-corrected chi connectivity index (χ0v) is 12.0. The summed E-state index contributed by atoms with van der Waals surface area (Å²) >= 11 is 2.97. The molecule has 3 N–H and O–H groups in total. The number of sulfonamides is 1. The van der Waals surface area contributed by atoms with E-state index in [1.54, 1.807) is 12.1 Å². The molecular formula is C12H10BrFN2O2S. The third-order valence-electron chi connectivity index (χ3n) is 2.36. The van der Waals surface area contributed by atoms with E-state index in [9.17, 15) is 12.8 Å².